The van der Waals surface area contributed by atoms with Crippen LogP contribution < -0.4 is 0 Å². The van der Waals surface area contributed by atoms with Crippen LogP contribution in [-0.4, -0.2) is 5.11 Å². The van der Waals surface area contributed by atoms with Gasteiger partial charge in [-0.15, -0.1) is 0 Å². The number of hydrogen-bond acceptors (Lipinski definition) is 1. The molecule has 2 unspecified atom stereocenters. The standard InChI is InChI=1S/C13H15ClO/c1-8-7-9(5-6-12(8)14)13(15)10-3-2-4-11(10)13/h5-7,10-11,15H,2-4H2,1H3. The van der Waals surface area contributed by atoms with Gasteiger partial charge in [0.1, 0.15) is 0 Å². The Morgan fingerprint density at radius 1 is 1.33 bits per heavy atom. The summed E-state index contributed by atoms with van der Waals surface area (Å²) in [4.78, 5) is 0. The summed E-state index contributed by atoms with van der Waals surface area (Å²) in [5.74, 6) is 1.02. The maximum Gasteiger partial charge on any atom is 0.0960 e. The Labute approximate surface area is 95.1 Å². The highest BCUT2D eigenvalue weighted by molar-refractivity contribution is 6.31. The fourth-order valence-corrected chi connectivity index (χ4v) is 3.36. The van der Waals surface area contributed by atoms with Gasteiger partial charge in [-0.25, -0.2) is 0 Å². The zero-order valence-electron chi connectivity index (χ0n) is 8.83. The lowest BCUT2D eigenvalue weighted by Crippen LogP contribution is -2.13. The minimum atomic E-state index is -0.520. The van der Waals surface area contributed by atoms with E-state index in [0.29, 0.717) is 11.8 Å². The quantitative estimate of drug-likeness (QED) is 0.774. The van der Waals surface area contributed by atoms with Crippen molar-refractivity contribution >= 4 is 11.6 Å². The SMILES string of the molecule is Cc1cc(C2(O)C3CCCC32)ccc1Cl. The minimum Gasteiger partial charge on any atom is -0.385 e. The van der Waals surface area contributed by atoms with Crippen LogP contribution in [0.25, 0.3) is 0 Å². The number of benzene rings is 1. The van der Waals surface area contributed by atoms with Crippen LogP contribution in [0.5, 0.6) is 0 Å². The maximum absolute atomic E-state index is 10.6. The highest BCUT2D eigenvalue weighted by Gasteiger charge is 2.66. The first kappa shape index (κ1) is 9.68. The maximum atomic E-state index is 10.6. The summed E-state index contributed by atoms with van der Waals surface area (Å²) >= 11 is 5.99. The molecule has 2 heteroatoms. The lowest BCUT2D eigenvalue weighted by atomic mass is 9.98. The fraction of sp³-hybridized carbons (Fsp3) is 0.538. The molecule has 0 radical (unpaired) electrons. The molecule has 15 heavy (non-hydrogen) atoms. The first-order valence-corrected chi connectivity index (χ1v) is 6.01. The lowest BCUT2D eigenvalue weighted by Gasteiger charge is -2.15. The molecule has 2 aliphatic rings. The topological polar surface area (TPSA) is 20.2 Å². The second-order valence-corrected chi connectivity index (χ2v) is 5.34. The van der Waals surface area contributed by atoms with Crippen LogP contribution >= 0.6 is 11.6 Å². The molecule has 0 amide bonds. The lowest BCUT2D eigenvalue weighted by molar-refractivity contribution is 0.105. The summed E-state index contributed by atoms with van der Waals surface area (Å²) < 4.78 is 0. The smallest absolute Gasteiger partial charge is 0.0960 e. The summed E-state index contributed by atoms with van der Waals surface area (Å²) in [5.41, 5.74) is 1.61. The Kier molecular flexibility index (Phi) is 1.93. The van der Waals surface area contributed by atoms with Gasteiger partial charge in [0.25, 0.3) is 0 Å². The summed E-state index contributed by atoms with van der Waals surface area (Å²) in [6, 6.07) is 5.92. The molecule has 1 N–H and O–H groups in total. The Morgan fingerprint density at radius 2 is 2.00 bits per heavy atom. The molecule has 0 heterocycles. The first-order valence-electron chi connectivity index (χ1n) is 5.63. The van der Waals surface area contributed by atoms with Crippen molar-refractivity contribution < 1.29 is 5.11 Å². The van der Waals surface area contributed by atoms with Crippen LogP contribution in [-0.2, 0) is 5.60 Å². The third-order valence-electron chi connectivity index (χ3n) is 4.16. The molecule has 1 aromatic rings. The monoisotopic (exact) mass is 222 g/mol. The van der Waals surface area contributed by atoms with Gasteiger partial charge in [-0.1, -0.05) is 30.2 Å². The Balaban J connectivity index is 1.97. The zero-order chi connectivity index (χ0) is 10.6. The molecule has 0 aliphatic heterocycles. The van der Waals surface area contributed by atoms with Crippen LogP contribution in [0.1, 0.15) is 30.4 Å². The van der Waals surface area contributed by atoms with E-state index >= 15 is 0 Å². The zero-order valence-corrected chi connectivity index (χ0v) is 9.59. The number of aliphatic hydroxyl groups is 1. The summed E-state index contributed by atoms with van der Waals surface area (Å²) in [6.45, 7) is 1.99. The van der Waals surface area contributed by atoms with Gasteiger partial charge < -0.3 is 5.11 Å². The highest BCUT2D eigenvalue weighted by atomic mass is 35.5. The molecule has 2 fully saturated rings. The summed E-state index contributed by atoms with van der Waals surface area (Å²) in [5, 5.41) is 11.3. The molecule has 1 aromatic carbocycles. The molecule has 1 nitrogen and oxygen atoms in total. The van der Waals surface area contributed by atoms with Gasteiger partial charge in [0.05, 0.1) is 5.60 Å². The summed E-state index contributed by atoms with van der Waals surface area (Å²) in [6.07, 6.45) is 3.65. The van der Waals surface area contributed by atoms with Crippen LogP contribution in [0, 0.1) is 18.8 Å². The molecule has 2 aliphatic carbocycles. The van der Waals surface area contributed by atoms with Gasteiger partial charge in [0, 0.05) is 5.02 Å². The third kappa shape index (κ3) is 1.20. The number of fused-ring (bicyclic) bond motifs is 1. The summed E-state index contributed by atoms with van der Waals surface area (Å²) in [7, 11) is 0. The van der Waals surface area contributed by atoms with E-state index in [9.17, 15) is 5.11 Å². The molecule has 80 valence electrons. The van der Waals surface area contributed by atoms with Crippen molar-refractivity contribution in [2.45, 2.75) is 31.8 Å². The van der Waals surface area contributed by atoms with E-state index in [-0.39, 0.29) is 0 Å². The van der Waals surface area contributed by atoms with Crippen molar-refractivity contribution in [3.63, 3.8) is 0 Å². The Morgan fingerprint density at radius 3 is 2.60 bits per heavy atom. The van der Waals surface area contributed by atoms with Gasteiger partial charge in [-0.05, 0) is 48.8 Å². The number of halogens is 1. The Hall–Kier alpha value is -0.530. The Bertz CT molecular complexity index is 403. The first-order chi connectivity index (χ1) is 7.14. The van der Waals surface area contributed by atoms with Crippen molar-refractivity contribution in [1.29, 1.82) is 0 Å². The molecule has 0 spiro atoms. The minimum absolute atomic E-state index is 0.512. The van der Waals surface area contributed by atoms with Crippen LogP contribution in [0.4, 0.5) is 0 Å². The van der Waals surface area contributed by atoms with Crippen molar-refractivity contribution in [3.05, 3.63) is 34.3 Å². The highest BCUT2D eigenvalue weighted by Crippen LogP contribution is 2.66. The van der Waals surface area contributed by atoms with Gasteiger partial charge in [-0.3, -0.25) is 0 Å². The van der Waals surface area contributed by atoms with Crippen LogP contribution in [0.15, 0.2) is 18.2 Å². The molecule has 0 saturated heterocycles. The molecule has 0 aromatic heterocycles. The fourth-order valence-electron chi connectivity index (χ4n) is 3.24. The van der Waals surface area contributed by atoms with Gasteiger partial charge in [0.15, 0.2) is 0 Å². The average molecular weight is 223 g/mol. The van der Waals surface area contributed by atoms with Gasteiger partial charge in [-0.2, -0.15) is 0 Å². The normalized spacial score (nSPS) is 37.8. The second-order valence-electron chi connectivity index (χ2n) is 4.93. The van der Waals surface area contributed by atoms with E-state index in [1.54, 1.807) is 0 Å². The van der Waals surface area contributed by atoms with E-state index in [2.05, 4.69) is 0 Å². The van der Waals surface area contributed by atoms with Crippen LogP contribution in [0.3, 0.4) is 0 Å². The number of aryl methyl sites for hydroxylation is 1. The average Bonchev–Trinajstić information content (AvgIpc) is 2.66. The number of hydrogen-bond donors (Lipinski definition) is 1. The van der Waals surface area contributed by atoms with Crippen molar-refractivity contribution in [3.8, 4) is 0 Å². The predicted molar refractivity (Wildman–Crippen MR) is 60.9 cm³/mol. The van der Waals surface area contributed by atoms with Gasteiger partial charge in [0.2, 0.25) is 0 Å². The largest absolute Gasteiger partial charge is 0.385 e. The molecule has 0 bridgehead atoms. The second kappa shape index (κ2) is 2.99. The van der Waals surface area contributed by atoms with E-state index in [1.807, 2.05) is 25.1 Å². The predicted octanol–water partition coefficient (Wildman–Crippen LogP) is 3.27. The van der Waals surface area contributed by atoms with E-state index in [1.165, 1.54) is 19.3 Å². The molecular weight excluding hydrogens is 208 g/mol. The van der Waals surface area contributed by atoms with E-state index in [0.717, 1.165) is 16.1 Å². The molecular formula is C13H15ClO. The van der Waals surface area contributed by atoms with E-state index in [4.69, 9.17) is 11.6 Å². The molecule has 2 atom stereocenters. The van der Waals surface area contributed by atoms with Crippen LogP contribution in [0.2, 0.25) is 5.02 Å². The molecule has 2 saturated carbocycles. The third-order valence-corrected chi connectivity index (χ3v) is 4.58. The van der Waals surface area contributed by atoms with E-state index < -0.39 is 5.60 Å². The van der Waals surface area contributed by atoms with Crippen molar-refractivity contribution in [2.75, 3.05) is 0 Å². The van der Waals surface area contributed by atoms with Gasteiger partial charge >= 0.3 is 0 Å². The molecule has 3 rings (SSSR count). The van der Waals surface area contributed by atoms with Crippen molar-refractivity contribution in [2.24, 2.45) is 11.8 Å². The number of rotatable bonds is 1. The van der Waals surface area contributed by atoms with Crippen molar-refractivity contribution in [1.82, 2.24) is 0 Å².